The van der Waals surface area contributed by atoms with E-state index in [4.69, 9.17) is 14.8 Å². The summed E-state index contributed by atoms with van der Waals surface area (Å²) in [7, 11) is -2.22. The Morgan fingerprint density at radius 3 is 2.09 bits per heavy atom. The van der Waals surface area contributed by atoms with Crippen LogP contribution in [0.4, 0.5) is 0 Å². The van der Waals surface area contributed by atoms with Gasteiger partial charge >= 0.3 is 7.12 Å². The Hall–Kier alpha value is -1.87. The maximum Gasteiger partial charge on any atom is 0.488 e. The van der Waals surface area contributed by atoms with Crippen LogP contribution in [-0.2, 0) is 16.6 Å². The molecule has 122 valence electrons. The lowest BCUT2D eigenvalue weighted by Gasteiger charge is -2.17. The Bertz CT molecular complexity index is 744. The summed E-state index contributed by atoms with van der Waals surface area (Å²) in [5, 5.41) is 18.1. The molecule has 0 radical (unpaired) electrons. The molecule has 0 saturated carbocycles. The fourth-order valence-corrected chi connectivity index (χ4v) is 3.22. The lowest BCUT2D eigenvalue weighted by Crippen LogP contribution is -2.30. The van der Waals surface area contributed by atoms with Crippen molar-refractivity contribution in [1.29, 1.82) is 0 Å². The Kier molecular flexibility index (Phi) is 5.43. The molecular weight excluding hydrogens is 317 g/mol. The van der Waals surface area contributed by atoms with Crippen LogP contribution in [0, 0.1) is 0 Å². The van der Waals surface area contributed by atoms with Crippen LogP contribution in [0.15, 0.2) is 53.4 Å². The molecule has 2 aromatic rings. The van der Waals surface area contributed by atoms with Crippen molar-refractivity contribution in [2.24, 2.45) is 0 Å². The number of ether oxygens (including phenoxy) is 1. The van der Waals surface area contributed by atoms with Crippen LogP contribution in [-0.4, -0.2) is 44.0 Å². The van der Waals surface area contributed by atoms with Gasteiger partial charge in [-0.15, -0.1) is 0 Å². The molecular formula is C15H18BNO5S. The molecule has 0 aliphatic carbocycles. The summed E-state index contributed by atoms with van der Waals surface area (Å²) in [4.78, 5) is 0.0953. The van der Waals surface area contributed by atoms with E-state index < -0.39 is 17.1 Å². The molecule has 2 N–H and O–H groups in total. The Morgan fingerprint density at radius 1 is 1.04 bits per heavy atom. The van der Waals surface area contributed by atoms with E-state index >= 15 is 0 Å². The third-order valence-corrected chi connectivity index (χ3v) is 5.27. The van der Waals surface area contributed by atoms with E-state index in [1.165, 1.54) is 35.6 Å². The van der Waals surface area contributed by atoms with Crippen LogP contribution in [0.2, 0.25) is 0 Å². The number of sulfonamides is 1. The van der Waals surface area contributed by atoms with E-state index in [9.17, 15) is 8.42 Å². The third-order valence-electron chi connectivity index (χ3n) is 3.45. The lowest BCUT2D eigenvalue weighted by molar-refractivity contribution is 0.414. The molecule has 0 atom stereocenters. The Labute approximate surface area is 136 Å². The molecule has 0 aliphatic rings. The first kappa shape index (κ1) is 17.5. The molecule has 6 nitrogen and oxygen atoms in total. The molecule has 2 aromatic carbocycles. The monoisotopic (exact) mass is 335 g/mol. The molecule has 23 heavy (non-hydrogen) atoms. The number of hydrogen-bond donors (Lipinski definition) is 2. The zero-order valence-corrected chi connectivity index (χ0v) is 13.7. The molecule has 0 fully saturated rings. The highest BCUT2D eigenvalue weighted by Gasteiger charge is 2.21. The van der Waals surface area contributed by atoms with Crippen LogP contribution in [0.3, 0.4) is 0 Å². The highest BCUT2D eigenvalue weighted by atomic mass is 32.2. The number of methoxy groups -OCH3 is 1. The Balaban J connectivity index is 2.17. The van der Waals surface area contributed by atoms with Crippen molar-refractivity contribution >= 4 is 22.6 Å². The minimum absolute atomic E-state index is 0.0953. The minimum Gasteiger partial charge on any atom is -0.497 e. The van der Waals surface area contributed by atoms with Gasteiger partial charge in [-0.1, -0.05) is 24.3 Å². The summed E-state index contributed by atoms with van der Waals surface area (Å²) in [6.07, 6.45) is 0. The normalized spacial score (nSPS) is 11.5. The van der Waals surface area contributed by atoms with E-state index in [-0.39, 0.29) is 16.9 Å². The van der Waals surface area contributed by atoms with Gasteiger partial charge in [-0.05, 0) is 35.3 Å². The minimum atomic E-state index is -3.66. The molecule has 0 saturated heterocycles. The molecule has 0 amide bonds. The predicted molar refractivity (Wildman–Crippen MR) is 87.9 cm³/mol. The number of hydrogen-bond acceptors (Lipinski definition) is 5. The predicted octanol–water partition coefficient (Wildman–Crippen LogP) is 0.196. The van der Waals surface area contributed by atoms with Crippen LogP contribution < -0.4 is 10.2 Å². The van der Waals surface area contributed by atoms with E-state index in [1.54, 1.807) is 31.4 Å². The summed E-state index contributed by atoms with van der Waals surface area (Å²) in [6.45, 7) is 0.219. The van der Waals surface area contributed by atoms with Gasteiger partial charge < -0.3 is 14.8 Å². The van der Waals surface area contributed by atoms with Gasteiger partial charge in [-0.2, -0.15) is 4.31 Å². The van der Waals surface area contributed by atoms with Crippen molar-refractivity contribution in [2.75, 3.05) is 14.2 Å². The fraction of sp³-hybridized carbons (Fsp3) is 0.200. The second kappa shape index (κ2) is 7.14. The van der Waals surface area contributed by atoms with Crippen molar-refractivity contribution in [3.8, 4) is 5.75 Å². The zero-order valence-electron chi connectivity index (χ0n) is 12.9. The van der Waals surface area contributed by atoms with Crippen molar-refractivity contribution in [2.45, 2.75) is 11.4 Å². The second-order valence-corrected chi connectivity index (χ2v) is 7.10. The topological polar surface area (TPSA) is 87.1 Å². The van der Waals surface area contributed by atoms with E-state index in [0.717, 1.165) is 5.56 Å². The smallest absolute Gasteiger partial charge is 0.488 e. The van der Waals surface area contributed by atoms with Crippen molar-refractivity contribution in [3.05, 3.63) is 54.1 Å². The van der Waals surface area contributed by atoms with Crippen LogP contribution >= 0.6 is 0 Å². The van der Waals surface area contributed by atoms with Crippen LogP contribution in [0.5, 0.6) is 5.75 Å². The largest absolute Gasteiger partial charge is 0.497 e. The number of nitrogens with zero attached hydrogens (tertiary/aromatic N) is 1. The second-order valence-electron chi connectivity index (χ2n) is 5.05. The maximum absolute atomic E-state index is 12.5. The average Bonchev–Trinajstić information content (AvgIpc) is 2.55. The third kappa shape index (κ3) is 4.11. The number of rotatable bonds is 6. The molecule has 0 spiro atoms. The van der Waals surface area contributed by atoms with Gasteiger partial charge in [-0.3, -0.25) is 0 Å². The zero-order chi connectivity index (χ0) is 17.0. The summed E-state index contributed by atoms with van der Waals surface area (Å²) in [5.74, 6) is 0.706. The summed E-state index contributed by atoms with van der Waals surface area (Å²) in [6, 6.07) is 12.6. The van der Waals surface area contributed by atoms with E-state index in [1.807, 2.05) is 0 Å². The van der Waals surface area contributed by atoms with Gasteiger partial charge in [0, 0.05) is 13.6 Å². The lowest BCUT2D eigenvalue weighted by atomic mass is 9.81. The maximum atomic E-state index is 12.5. The molecule has 0 heterocycles. The summed E-state index contributed by atoms with van der Waals surface area (Å²) in [5.41, 5.74) is 1.07. The van der Waals surface area contributed by atoms with Gasteiger partial charge in [0.15, 0.2) is 0 Å². The number of benzene rings is 2. The standard InChI is InChI=1S/C15H18BNO5S/c1-17(11-12-3-7-14(22-2)8-4-12)23(20,21)15-9-5-13(6-10-15)16(18)19/h3-10,18-19H,11H2,1-2H3. The fourth-order valence-electron chi connectivity index (χ4n) is 2.06. The van der Waals surface area contributed by atoms with Gasteiger partial charge in [0.05, 0.1) is 12.0 Å². The molecule has 2 rings (SSSR count). The van der Waals surface area contributed by atoms with E-state index in [2.05, 4.69) is 0 Å². The average molecular weight is 335 g/mol. The molecule has 0 bridgehead atoms. The van der Waals surface area contributed by atoms with Crippen LogP contribution in [0.25, 0.3) is 0 Å². The van der Waals surface area contributed by atoms with Gasteiger partial charge in [0.1, 0.15) is 5.75 Å². The van der Waals surface area contributed by atoms with Crippen molar-refractivity contribution in [3.63, 3.8) is 0 Å². The first-order valence-corrected chi connectivity index (χ1v) is 8.34. The van der Waals surface area contributed by atoms with Gasteiger partial charge in [-0.25, -0.2) is 8.42 Å². The molecule has 8 heteroatoms. The van der Waals surface area contributed by atoms with Gasteiger partial charge in [0.25, 0.3) is 0 Å². The molecule has 0 aliphatic heterocycles. The highest BCUT2D eigenvalue weighted by molar-refractivity contribution is 7.89. The molecule has 0 aromatic heterocycles. The van der Waals surface area contributed by atoms with Crippen LogP contribution in [0.1, 0.15) is 5.56 Å². The Morgan fingerprint density at radius 2 is 1.61 bits per heavy atom. The molecule has 0 unspecified atom stereocenters. The van der Waals surface area contributed by atoms with Crippen molar-refractivity contribution < 1.29 is 23.2 Å². The summed E-state index contributed by atoms with van der Waals surface area (Å²) >= 11 is 0. The summed E-state index contributed by atoms with van der Waals surface area (Å²) < 4.78 is 31.3. The highest BCUT2D eigenvalue weighted by Crippen LogP contribution is 2.18. The SMILES string of the molecule is COc1ccc(CN(C)S(=O)(=O)c2ccc(B(O)O)cc2)cc1. The quantitative estimate of drug-likeness (QED) is 0.737. The first-order chi connectivity index (χ1) is 10.8. The van der Waals surface area contributed by atoms with E-state index in [0.29, 0.717) is 5.75 Å². The van der Waals surface area contributed by atoms with Crippen molar-refractivity contribution in [1.82, 2.24) is 4.31 Å². The van der Waals surface area contributed by atoms with Gasteiger partial charge in [0.2, 0.25) is 10.0 Å². The first-order valence-electron chi connectivity index (χ1n) is 6.90.